The maximum absolute atomic E-state index is 12.1. The van der Waals surface area contributed by atoms with Gasteiger partial charge in [-0.1, -0.05) is 23.7 Å². The first kappa shape index (κ1) is 28.0. The summed E-state index contributed by atoms with van der Waals surface area (Å²) in [5.41, 5.74) is 1.30. The van der Waals surface area contributed by atoms with E-state index >= 15 is 0 Å². The minimum Gasteiger partial charge on any atom is -0.491 e. The SMILES string of the molecule is CCNC(=NCC(O)c1cccc(OC(C)C)c1)NCCNC(=O)c1ccc(Cl)cc1.I. The number of rotatable bonds is 10. The van der Waals surface area contributed by atoms with Crippen molar-refractivity contribution in [1.29, 1.82) is 0 Å². The number of guanidine groups is 1. The Balaban J connectivity index is 0.00000512. The second-order valence-electron chi connectivity index (χ2n) is 7.16. The van der Waals surface area contributed by atoms with Crippen LogP contribution in [0.3, 0.4) is 0 Å². The van der Waals surface area contributed by atoms with E-state index in [9.17, 15) is 9.90 Å². The number of nitrogens with zero attached hydrogens (tertiary/aromatic N) is 1. The molecule has 1 unspecified atom stereocenters. The van der Waals surface area contributed by atoms with Crippen LogP contribution in [0.2, 0.25) is 5.02 Å². The molecule has 0 bridgehead atoms. The minimum atomic E-state index is -0.754. The summed E-state index contributed by atoms with van der Waals surface area (Å²) in [6, 6.07) is 14.1. The molecule has 1 atom stereocenters. The Morgan fingerprint density at radius 3 is 2.44 bits per heavy atom. The molecule has 0 radical (unpaired) electrons. The van der Waals surface area contributed by atoms with E-state index in [0.717, 1.165) is 11.3 Å². The molecule has 2 aromatic rings. The van der Waals surface area contributed by atoms with Gasteiger partial charge in [-0.05, 0) is 62.7 Å². The summed E-state index contributed by atoms with van der Waals surface area (Å²) in [7, 11) is 0. The highest BCUT2D eigenvalue weighted by Crippen LogP contribution is 2.20. The molecular formula is C23H32ClIN4O3. The number of halogens is 2. The first-order valence-electron chi connectivity index (χ1n) is 10.4. The summed E-state index contributed by atoms with van der Waals surface area (Å²) in [6.07, 6.45) is -0.689. The number of hydrogen-bond acceptors (Lipinski definition) is 4. The Hall–Kier alpha value is -2.04. The highest BCUT2D eigenvalue weighted by atomic mass is 127. The van der Waals surface area contributed by atoms with Crippen molar-refractivity contribution in [3.8, 4) is 5.75 Å². The van der Waals surface area contributed by atoms with Crippen molar-refractivity contribution >= 4 is 47.4 Å². The Kier molecular flexibility index (Phi) is 13.0. The molecule has 0 saturated carbocycles. The lowest BCUT2D eigenvalue weighted by molar-refractivity contribution is 0.0954. The number of amides is 1. The lowest BCUT2D eigenvalue weighted by Crippen LogP contribution is -2.41. The number of aliphatic hydroxyl groups excluding tert-OH is 1. The van der Waals surface area contributed by atoms with Crippen molar-refractivity contribution in [2.75, 3.05) is 26.2 Å². The zero-order chi connectivity index (χ0) is 22.6. The van der Waals surface area contributed by atoms with Crippen LogP contribution >= 0.6 is 35.6 Å². The molecule has 4 N–H and O–H groups in total. The van der Waals surface area contributed by atoms with Gasteiger partial charge in [0.15, 0.2) is 5.96 Å². The molecule has 2 aromatic carbocycles. The predicted molar refractivity (Wildman–Crippen MR) is 140 cm³/mol. The van der Waals surface area contributed by atoms with Crippen molar-refractivity contribution < 1.29 is 14.6 Å². The molecule has 0 spiro atoms. The normalized spacial score (nSPS) is 12.0. The van der Waals surface area contributed by atoms with Gasteiger partial charge < -0.3 is 25.8 Å². The van der Waals surface area contributed by atoms with Gasteiger partial charge in [0.1, 0.15) is 5.75 Å². The van der Waals surface area contributed by atoms with Gasteiger partial charge in [0, 0.05) is 30.2 Å². The third-order valence-corrected chi connectivity index (χ3v) is 4.44. The number of aliphatic hydroxyl groups is 1. The Bertz CT molecular complexity index is 863. The van der Waals surface area contributed by atoms with Gasteiger partial charge in [-0.2, -0.15) is 0 Å². The lowest BCUT2D eigenvalue weighted by atomic mass is 10.1. The smallest absolute Gasteiger partial charge is 0.251 e. The lowest BCUT2D eigenvalue weighted by Gasteiger charge is -2.15. The van der Waals surface area contributed by atoms with Crippen LogP contribution in [0.15, 0.2) is 53.5 Å². The summed E-state index contributed by atoms with van der Waals surface area (Å²) in [4.78, 5) is 16.6. The number of carbonyl (C=O) groups excluding carboxylic acids is 1. The van der Waals surface area contributed by atoms with E-state index in [1.807, 2.05) is 45.0 Å². The Morgan fingerprint density at radius 1 is 1.09 bits per heavy atom. The van der Waals surface area contributed by atoms with Crippen LogP contribution in [-0.4, -0.2) is 49.3 Å². The quantitative estimate of drug-likeness (QED) is 0.150. The summed E-state index contributed by atoms with van der Waals surface area (Å²) < 4.78 is 5.68. The van der Waals surface area contributed by atoms with E-state index in [-0.39, 0.29) is 42.5 Å². The van der Waals surface area contributed by atoms with Crippen molar-refractivity contribution in [3.05, 3.63) is 64.7 Å². The molecule has 32 heavy (non-hydrogen) atoms. The molecule has 0 aliphatic heterocycles. The van der Waals surface area contributed by atoms with Crippen LogP contribution in [0.5, 0.6) is 5.75 Å². The molecule has 0 aliphatic rings. The molecule has 2 rings (SSSR count). The second kappa shape index (κ2) is 14.9. The number of nitrogens with one attached hydrogen (secondary N) is 3. The molecule has 0 saturated heterocycles. The van der Waals surface area contributed by atoms with Crippen molar-refractivity contribution in [2.45, 2.75) is 33.0 Å². The molecule has 0 aliphatic carbocycles. The zero-order valence-electron chi connectivity index (χ0n) is 18.6. The third-order valence-electron chi connectivity index (χ3n) is 4.19. The van der Waals surface area contributed by atoms with Crippen LogP contribution in [-0.2, 0) is 0 Å². The third kappa shape index (κ3) is 10.1. The van der Waals surface area contributed by atoms with E-state index < -0.39 is 6.10 Å². The average molecular weight is 575 g/mol. The van der Waals surface area contributed by atoms with E-state index in [0.29, 0.717) is 36.2 Å². The molecule has 0 aromatic heterocycles. The first-order valence-corrected chi connectivity index (χ1v) is 10.8. The summed E-state index contributed by atoms with van der Waals surface area (Å²) in [6.45, 7) is 7.65. The van der Waals surface area contributed by atoms with Crippen molar-refractivity contribution in [1.82, 2.24) is 16.0 Å². The van der Waals surface area contributed by atoms with Crippen molar-refractivity contribution in [2.24, 2.45) is 4.99 Å². The Morgan fingerprint density at radius 2 is 1.78 bits per heavy atom. The fourth-order valence-electron chi connectivity index (χ4n) is 2.75. The summed E-state index contributed by atoms with van der Waals surface area (Å²) in [5.74, 6) is 1.12. The number of ether oxygens (including phenoxy) is 1. The number of hydrogen-bond donors (Lipinski definition) is 4. The molecule has 176 valence electrons. The number of carbonyl (C=O) groups is 1. The van der Waals surface area contributed by atoms with Gasteiger partial charge in [0.2, 0.25) is 0 Å². The topological polar surface area (TPSA) is 95.0 Å². The Labute approximate surface area is 212 Å². The number of benzene rings is 2. The first-order chi connectivity index (χ1) is 14.9. The highest BCUT2D eigenvalue weighted by Gasteiger charge is 2.10. The molecule has 0 heterocycles. The maximum atomic E-state index is 12.1. The van der Waals surface area contributed by atoms with E-state index in [1.54, 1.807) is 24.3 Å². The van der Waals surface area contributed by atoms with Gasteiger partial charge in [-0.25, -0.2) is 0 Å². The standard InChI is InChI=1S/C23H31ClN4O3.HI/c1-4-25-23(27-13-12-26-22(30)17-8-10-19(24)11-9-17)28-15-21(29)18-6-5-7-20(14-18)31-16(2)3;/h5-11,14,16,21,29H,4,12-13,15H2,1-3H3,(H,26,30)(H2,25,27,28);1H. The van der Waals surface area contributed by atoms with Gasteiger partial charge in [0.05, 0.1) is 18.8 Å². The van der Waals surface area contributed by atoms with Crippen LogP contribution in [0.1, 0.15) is 42.8 Å². The molecule has 7 nitrogen and oxygen atoms in total. The fraction of sp³-hybridized carbons (Fsp3) is 0.391. The molecule has 1 amide bonds. The molecule has 0 fully saturated rings. The maximum Gasteiger partial charge on any atom is 0.251 e. The highest BCUT2D eigenvalue weighted by molar-refractivity contribution is 14.0. The summed E-state index contributed by atoms with van der Waals surface area (Å²) in [5, 5.41) is 20.2. The van der Waals surface area contributed by atoms with Gasteiger partial charge in [-0.15, -0.1) is 24.0 Å². The second-order valence-corrected chi connectivity index (χ2v) is 7.60. The fourth-order valence-corrected chi connectivity index (χ4v) is 2.88. The van der Waals surface area contributed by atoms with Gasteiger partial charge in [0.25, 0.3) is 5.91 Å². The van der Waals surface area contributed by atoms with Crippen LogP contribution in [0.4, 0.5) is 0 Å². The van der Waals surface area contributed by atoms with Crippen LogP contribution in [0, 0.1) is 0 Å². The van der Waals surface area contributed by atoms with Crippen molar-refractivity contribution in [3.63, 3.8) is 0 Å². The van der Waals surface area contributed by atoms with E-state index in [4.69, 9.17) is 16.3 Å². The van der Waals surface area contributed by atoms with Crippen LogP contribution in [0.25, 0.3) is 0 Å². The van der Waals surface area contributed by atoms with Crippen LogP contribution < -0.4 is 20.7 Å². The molecule has 9 heteroatoms. The number of aliphatic imine (C=N–C) groups is 1. The summed E-state index contributed by atoms with van der Waals surface area (Å²) >= 11 is 5.84. The zero-order valence-corrected chi connectivity index (χ0v) is 21.7. The van der Waals surface area contributed by atoms with E-state index in [1.165, 1.54) is 0 Å². The van der Waals surface area contributed by atoms with E-state index in [2.05, 4.69) is 20.9 Å². The average Bonchev–Trinajstić information content (AvgIpc) is 2.74. The van der Waals surface area contributed by atoms with Gasteiger partial charge in [-0.3, -0.25) is 9.79 Å². The van der Waals surface area contributed by atoms with Gasteiger partial charge >= 0.3 is 0 Å². The monoisotopic (exact) mass is 574 g/mol. The minimum absolute atomic E-state index is 0. The molecular weight excluding hydrogens is 543 g/mol. The predicted octanol–water partition coefficient (Wildman–Crippen LogP) is 3.76. The largest absolute Gasteiger partial charge is 0.491 e.